The van der Waals surface area contributed by atoms with Crippen molar-refractivity contribution < 1.29 is 9.47 Å². The molecule has 0 heterocycles. The van der Waals surface area contributed by atoms with Crippen LogP contribution in [0.25, 0.3) is 0 Å². The van der Waals surface area contributed by atoms with Crippen molar-refractivity contribution in [1.82, 2.24) is 0 Å². The molecule has 1 rings (SSSR count). The zero-order chi connectivity index (χ0) is 10.4. The van der Waals surface area contributed by atoms with Gasteiger partial charge in [-0.1, -0.05) is 0 Å². The molecule has 4 heteroatoms. The molecule has 1 aromatic rings. The number of hydrogen-bond acceptors (Lipinski definition) is 3. The van der Waals surface area contributed by atoms with Crippen LogP contribution in [-0.2, 0) is 4.74 Å². The summed E-state index contributed by atoms with van der Waals surface area (Å²) in [6.45, 7) is 1.01. The third-order valence-electron chi connectivity index (χ3n) is 1.72. The van der Waals surface area contributed by atoms with Gasteiger partial charge in [0.1, 0.15) is 0 Å². The molecule has 0 aliphatic rings. The number of ether oxygens (including phenoxy) is 2. The van der Waals surface area contributed by atoms with E-state index in [1.807, 2.05) is 12.1 Å². The Morgan fingerprint density at radius 3 is 2.86 bits per heavy atom. The fraction of sp³-hybridized carbons (Fsp3) is 0.300. The van der Waals surface area contributed by atoms with Crippen molar-refractivity contribution in [3.8, 4) is 11.8 Å². The molecule has 0 radical (unpaired) electrons. The fourth-order valence-corrected chi connectivity index (χ4v) is 1.69. The summed E-state index contributed by atoms with van der Waals surface area (Å²) < 4.78 is 11.3. The predicted molar refractivity (Wildman–Crippen MR) is 56.7 cm³/mol. The van der Waals surface area contributed by atoms with E-state index in [2.05, 4.69) is 6.07 Å². The molecule has 3 nitrogen and oxygen atoms in total. The maximum absolute atomic E-state index is 8.90. The first-order valence-corrected chi connectivity index (χ1v) is 5.41. The van der Waals surface area contributed by atoms with Gasteiger partial charge in [0, 0.05) is 0 Å². The van der Waals surface area contributed by atoms with Crippen molar-refractivity contribution in [1.29, 1.82) is 5.26 Å². The van der Waals surface area contributed by atoms with Gasteiger partial charge in [-0.3, -0.25) is 0 Å². The molecule has 0 fully saturated rings. The number of hydrogen-bond donors (Lipinski definition) is 0. The number of rotatable bonds is 4. The van der Waals surface area contributed by atoms with Gasteiger partial charge in [0.2, 0.25) is 0 Å². The summed E-state index contributed by atoms with van der Waals surface area (Å²) in [7, 11) is 1.62. The standard InChI is InChI=1S/C10H12AsNO2/c1-13-5-6-14-10-4-2-3-9(11)8(10)7-12/h2-4H,5-6,11H2,1H3. The molecule has 74 valence electrons. The summed E-state index contributed by atoms with van der Waals surface area (Å²) in [6, 6.07) is 7.75. The second-order valence-corrected chi connectivity index (χ2v) is 3.98. The third-order valence-corrected chi connectivity index (χ3v) is 2.72. The molecule has 0 saturated carbocycles. The number of nitriles is 1. The Balaban J connectivity index is 2.76. The molecule has 0 N–H and O–H groups in total. The van der Waals surface area contributed by atoms with E-state index in [9.17, 15) is 0 Å². The number of nitrogens with zero attached hydrogens (tertiary/aromatic N) is 1. The van der Waals surface area contributed by atoms with Gasteiger partial charge in [-0.05, 0) is 0 Å². The summed E-state index contributed by atoms with van der Waals surface area (Å²) in [5.74, 6) is 0.645. The topological polar surface area (TPSA) is 42.2 Å². The van der Waals surface area contributed by atoms with Crippen LogP contribution in [0.1, 0.15) is 5.56 Å². The van der Waals surface area contributed by atoms with E-state index >= 15 is 0 Å². The fourth-order valence-electron chi connectivity index (χ4n) is 1.02. The Morgan fingerprint density at radius 2 is 2.21 bits per heavy atom. The first-order valence-electron chi connectivity index (χ1n) is 4.20. The van der Waals surface area contributed by atoms with E-state index in [4.69, 9.17) is 14.7 Å². The molecule has 0 saturated heterocycles. The molecule has 0 aromatic heterocycles. The average molecular weight is 253 g/mol. The third kappa shape index (κ3) is 2.76. The number of methoxy groups -OCH3 is 1. The Kier molecular flexibility index (Phi) is 4.52. The van der Waals surface area contributed by atoms with Gasteiger partial charge in [0.05, 0.1) is 0 Å². The second-order valence-electron chi connectivity index (χ2n) is 2.67. The summed E-state index contributed by atoms with van der Waals surface area (Å²) in [4.78, 5) is 0. The van der Waals surface area contributed by atoms with Crippen LogP contribution in [0, 0.1) is 11.3 Å². The molecule has 0 spiro atoms. The molecule has 0 amide bonds. The van der Waals surface area contributed by atoms with E-state index in [1.165, 1.54) is 16.9 Å². The van der Waals surface area contributed by atoms with Crippen molar-refractivity contribution in [3.05, 3.63) is 23.8 Å². The SMILES string of the molecule is COCCOc1cccc([AsH2])c1C#N. The molecule has 0 aliphatic carbocycles. The van der Waals surface area contributed by atoms with Crippen LogP contribution in [0.15, 0.2) is 18.2 Å². The second kappa shape index (κ2) is 5.69. The molecule has 1 unspecified atom stereocenters. The Bertz CT molecular complexity index is 346. The van der Waals surface area contributed by atoms with Crippen molar-refractivity contribution in [2.24, 2.45) is 0 Å². The van der Waals surface area contributed by atoms with Crippen LogP contribution in [0.2, 0.25) is 0 Å². The summed E-state index contributed by atoms with van der Waals surface area (Å²) in [6.07, 6.45) is 0. The van der Waals surface area contributed by atoms with Crippen LogP contribution in [0.3, 0.4) is 0 Å². The number of benzene rings is 1. The van der Waals surface area contributed by atoms with Gasteiger partial charge in [0.25, 0.3) is 0 Å². The molecule has 0 bridgehead atoms. The van der Waals surface area contributed by atoms with E-state index in [0.29, 0.717) is 24.5 Å². The van der Waals surface area contributed by atoms with Crippen LogP contribution < -0.4 is 9.09 Å². The Morgan fingerprint density at radius 1 is 1.43 bits per heavy atom. The van der Waals surface area contributed by atoms with Crippen molar-refractivity contribution >= 4 is 21.2 Å². The van der Waals surface area contributed by atoms with E-state index < -0.39 is 0 Å². The Hall–Kier alpha value is -0.972. The molecule has 0 aliphatic heterocycles. The monoisotopic (exact) mass is 253 g/mol. The zero-order valence-corrected chi connectivity index (χ0v) is 10.4. The van der Waals surface area contributed by atoms with Crippen molar-refractivity contribution in [2.75, 3.05) is 20.3 Å². The van der Waals surface area contributed by atoms with Crippen molar-refractivity contribution in [3.63, 3.8) is 0 Å². The molecule has 1 aromatic carbocycles. The van der Waals surface area contributed by atoms with Gasteiger partial charge in [-0.25, -0.2) is 0 Å². The van der Waals surface area contributed by atoms with Gasteiger partial charge >= 0.3 is 91.8 Å². The minimum absolute atomic E-state index is 0.474. The summed E-state index contributed by atoms with van der Waals surface area (Å²) in [5.41, 5.74) is 0.628. The van der Waals surface area contributed by atoms with Crippen LogP contribution >= 0.6 is 0 Å². The van der Waals surface area contributed by atoms with Crippen LogP contribution in [0.4, 0.5) is 0 Å². The van der Waals surface area contributed by atoms with Crippen LogP contribution in [0.5, 0.6) is 5.75 Å². The summed E-state index contributed by atoms with van der Waals surface area (Å²) >= 11 is 1.43. The quantitative estimate of drug-likeness (QED) is 0.553. The maximum atomic E-state index is 8.90. The molecule has 14 heavy (non-hydrogen) atoms. The van der Waals surface area contributed by atoms with Crippen LogP contribution in [-0.4, -0.2) is 37.2 Å². The predicted octanol–water partition coefficient (Wildman–Crippen LogP) is -0.158. The first-order chi connectivity index (χ1) is 6.79. The average Bonchev–Trinajstić information content (AvgIpc) is 2.18. The van der Waals surface area contributed by atoms with Gasteiger partial charge in [-0.15, -0.1) is 0 Å². The summed E-state index contributed by atoms with van der Waals surface area (Å²) in [5, 5.41) is 8.90. The molecule has 1 atom stereocenters. The van der Waals surface area contributed by atoms with Crippen molar-refractivity contribution in [2.45, 2.75) is 0 Å². The van der Waals surface area contributed by atoms with Gasteiger partial charge in [0.15, 0.2) is 0 Å². The molecular weight excluding hydrogens is 241 g/mol. The zero-order valence-electron chi connectivity index (χ0n) is 7.99. The van der Waals surface area contributed by atoms with E-state index in [0.717, 1.165) is 4.35 Å². The Labute approximate surface area is 92.1 Å². The van der Waals surface area contributed by atoms with Gasteiger partial charge < -0.3 is 0 Å². The van der Waals surface area contributed by atoms with E-state index in [1.54, 1.807) is 13.2 Å². The minimum atomic E-state index is 0.474. The molecular formula is C10H12AsNO2. The van der Waals surface area contributed by atoms with Gasteiger partial charge in [-0.2, -0.15) is 0 Å². The van der Waals surface area contributed by atoms with E-state index in [-0.39, 0.29) is 0 Å². The first kappa shape index (κ1) is 11.1. The normalized spacial score (nSPS) is 9.50.